The van der Waals surface area contributed by atoms with Crippen LogP contribution in [0, 0.1) is 0 Å². The SMILES string of the molecule is C=C(NNC(=O)c1nc(-c2ccccc2)cc(-c2ccccc2)n1)c1ccc(Cl)cc1. The van der Waals surface area contributed by atoms with E-state index in [2.05, 4.69) is 27.4 Å². The smallest absolute Gasteiger partial charge is 0.298 e. The zero-order valence-corrected chi connectivity index (χ0v) is 17.3. The Kier molecular flexibility index (Phi) is 6.05. The van der Waals surface area contributed by atoms with E-state index in [1.54, 1.807) is 12.1 Å². The van der Waals surface area contributed by atoms with E-state index in [1.807, 2.05) is 78.9 Å². The third-order valence-electron chi connectivity index (χ3n) is 4.59. The van der Waals surface area contributed by atoms with Gasteiger partial charge in [0.15, 0.2) is 0 Å². The van der Waals surface area contributed by atoms with E-state index < -0.39 is 5.91 Å². The molecular weight excluding hydrogens is 408 g/mol. The van der Waals surface area contributed by atoms with Gasteiger partial charge >= 0.3 is 5.91 Å². The second-order valence-electron chi connectivity index (χ2n) is 6.76. The highest BCUT2D eigenvalue weighted by molar-refractivity contribution is 6.30. The lowest BCUT2D eigenvalue weighted by atomic mass is 10.1. The molecule has 0 atom stereocenters. The highest BCUT2D eigenvalue weighted by Crippen LogP contribution is 2.23. The number of nitrogens with one attached hydrogen (secondary N) is 2. The van der Waals surface area contributed by atoms with E-state index in [1.165, 1.54) is 0 Å². The van der Waals surface area contributed by atoms with Gasteiger partial charge in [-0.3, -0.25) is 15.6 Å². The monoisotopic (exact) mass is 426 g/mol. The molecule has 0 aliphatic heterocycles. The van der Waals surface area contributed by atoms with Crippen molar-refractivity contribution in [2.75, 3.05) is 0 Å². The number of rotatable bonds is 6. The van der Waals surface area contributed by atoms with Crippen LogP contribution in [0.15, 0.2) is 97.6 Å². The van der Waals surface area contributed by atoms with E-state index in [0.29, 0.717) is 22.1 Å². The molecule has 1 aromatic heterocycles. The number of amides is 1. The van der Waals surface area contributed by atoms with E-state index in [-0.39, 0.29) is 5.82 Å². The summed E-state index contributed by atoms with van der Waals surface area (Å²) in [5, 5.41) is 0.625. The number of nitrogens with zero attached hydrogens (tertiary/aromatic N) is 2. The molecule has 4 rings (SSSR count). The number of hydrogen-bond acceptors (Lipinski definition) is 4. The van der Waals surface area contributed by atoms with Crippen molar-refractivity contribution in [1.29, 1.82) is 0 Å². The highest BCUT2D eigenvalue weighted by Gasteiger charge is 2.15. The van der Waals surface area contributed by atoms with Gasteiger partial charge in [0, 0.05) is 16.1 Å². The summed E-state index contributed by atoms with van der Waals surface area (Å²) in [6.07, 6.45) is 0. The molecule has 0 aliphatic rings. The molecule has 0 unspecified atom stereocenters. The molecule has 0 fully saturated rings. The molecule has 1 amide bonds. The Morgan fingerprint density at radius 1 is 0.742 bits per heavy atom. The van der Waals surface area contributed by atoms with Crippen LogP contribution in [-0.4, -0.2) is 15.9 Å². The number of hydrogen-bond donors (Lipinski definition) is 2. The molecule has 0 bridgehead atoms. The Balaban J connectivity index is 1.61. The fourth-order valence-corrected chi connectivity index (χ4v) is 3.10. The molecule has 5 nitrogen and oxygen atoms in total. The first kappa shape index (κ1) is 20.3. The largest absolute Gasteiger partial charge is 0.307 e. The van der Waals surface area contributed by atoms with Crippen molar-refractivity contribution in [1.82, 2.24) is 20.8 Å². The molecular formula is C25H19ClN4O. The average molecular weight is 427 g/mol. The Morgan fingerprint density at radius 2 is 1.26 bits per heavy atom. The first-order valence-electron chi connectivity index (χ1n) is 9.61. The molecule has 1 heterocycles. The van der Waals surface area contributed by atoms with Crippen molar-refractivity contribution in [2.45, 2.75) is 0 Å². The summed E-state index contributed by atoms with van der Waals surface area (Å²) in [4.78, 5) is 21.8. The summed E-state index contributed by atoms with van der Waals surface area (Å²) in [6, 6.07) is 28.4. The summed E-state index contributed by atoms with van der Waals surface area (Å²) < 4.78 is 0. The fraction of sp³-hybridized carbons (Fsp3) is 0. The van der Waals surface area contributed by atoms with E-state index in [4.69, 9.17) is 11.6 Å². The van der Waals surface area contributed by atoms with Crippen LogP contribution in [-0.2, 0) is 0 Å². The maximum atomic E-state index is 12.8. The van der Waals surface area contributed by atoms with Crippen molar-refractivity contribution in [3.05, 3.63) is 114 Å². The Bertz CT molecular complexity index is 1150. The molecule has 4 aromatic rings. The van der Waals surface area contributed by atoms with Gasteiger partial charge in [-0.1, -0.05) is 91.0 Å². The second-order valence-corrected chi connectivity index (χ2v) is 7.20. The van der Waals surface area contributed by atoms with Crippen LogP contribution in [0.3, 0.4) is 0 Å². The van der Waals surface area contributed by atoms with Crippen molar-refractivity contribution in [3.63, 3.8) is 0 Å². The van der Waals surface area contributed by atoms with Crippen LogP contribution in [0.2, 0.25) is 5.02 Å². The lowest BCUT2D eigenvalue weighted by molar-refractivity contribution is 0.0932. The summed E-state index contributed by atoms with van der Waals surface area (Å²) in [5.74, 6) is -0.415. The maximum Gasteiger partial charge on any atom is 0.307 e. The average Bonchev–Trinajstić information content (AvgIpc) is 2.83. The maximum absolute atomic E-state index is 12.8. The number of carbonyl (C=O) groups is 1. The standard InChI is InChI=1S/C25H19ClN4O/c1-17(18-12-14-21(26)15-13-18)29-30-25(31)24-27-22(19-8-4-2-5-9-19)16-23(28-24)20-10-6-3-7-11-20/h2-16,29H,1H2,(H,30,31). The number of benzene rings is 3. The van der Waals surface area contributed by atoms with Crippen LogP contribution < -0.4 is 10.9 Å². The molecule has 3 aromatic carbocycles. The Hall–Kier alpha value is -3.96. The quantitative estimate of drug-likeness (QED) is 0.407. The van der Waals surface area contributed by atoms with E-state index in [0.717, 1.165) is 16.7 Å². The summed E-state index contributed by atoms with van der Waals surface area (Å²) >= 11 is 5.92. The molecule has 0 saturated carbocycles. The predicted octanol–water partition coefficient (Wildman–Crippen LogP) is 5.37. The van der Waals surface area contributed by atoms with Crippen molar-refractivity contribution < 1.29 is 4.79 Å². The summed E-state index contributed by atoms with van der Waals surface area (Å²) in [6.45, 7) is 3.94. The predicted molar refractivity (Wildman–Crippen MR) is 124 cm³/mol. The van der Waals surface area contributed by atoms with Crippen molar-refractivity contribution in [2.24, 2.45) is 0 Å². The van der Waals surface area contributed by atoms with Gasteiger partial charge in [0.2, 0.25) is 5.82 Å². The van der Waals surface area contributed by atoms with Gasteiger partial charge in [0.25, 0.3) is 0 Å². The van der Waals surface area contributed by atoms with Gasteiger partial charge < -0.3 is 0 Å². The van der Waals surface area contributed by atoms with E-state index in [9.17, 15) is 4.79 Å². The number of hydrazine groups is 1. The number of halogens is 1. The van der Waals surface area contributed by atoms with Gasteiger partial charge in [-0.25, -0.2) is 9.97 Å². The third-order valence-corrected chi connectivity index (χ3v) is 4.84. The molecule has 0 radical (unpaired) electrons. The molecule has 0 spiro atoms. The zero-order chi connectivity index (χ0) is 21.6. The van der Waals surface area contributed by atoms with Crippen molar-refractivity contribution >= 4 is 23.2 Å². The first-order valence-corrected chi connectivity index (χ1v) is 9.99. The minimum Gasteiger partial charge on any atom is -0.298 e. The third kappa shape index (κ3) is 4.97. The fourth-order valence-electron chi connectivity index (χ4n) is 2.97. The number of carbonyl (C=O) groups excluding carboxylic acids is 1. The minimum absolute atomic E-state index is 0.0524. The van der Waals surface area contributed by atoms with Crippen LogP contribution in [0.1, 0.15) is 16.2 Å². The van der Waals surface area contributed by atoms with Gasteiger partial charge in [0.05, 0.1) is 17.1 Å². The molecule has 152 valence electrons. The van der Waals surface area contributed by atoms with Crippen LogP contribution in [0.25, 0.3) is 28.2 Å². The zero-order valence-electron chi connectivity index (χ0n) is 16.5. The molecule has 0 aliphatic carbocycles. The van der Waals surface area contributed by atoms with Gasteiger partial charge in [-0.2, -0.15) is 0 Å². The molecule has 31 heavy (non-hydrogen) atoms. The Labute approximate surface area is 185 Å². The molecule has 0 saturated heterocycles. The minimum atomic E-state index is -0.468. The van der Waals surface area contributed by atoms with E-state index >= 15 is 0 Å². The van der Waals surface area contributed by atoms with Crippen LogP contribution in [0.4, 0.5) is 0 Å². The van der Waals surface area contributed by atoms with Crippen LogP contribution in [0.5, 0.6) is 0 Å². The van der Waals surface area contributed by atoms with Gasteiger partial charge in [-0.15, -0.1) is 0 Å². The summed E-state index contributed by atoms with van der Waals surface area (Å²) in [5.41, 5.74) is 9.88. The van der Waals surface area contributed by atoms with Crippen LogP contribution >= 0.6 is 11.6 Å². The second kappa shape index (κ2) is 9.24. The number of aromatic nitrogens is 2. The van der Waals surface area contributed by atoms with Crippen molar-refractivity contribution in [3.8, 4) is 22.5 Å². The van der Waals surface area contributed by atoms with Gasteiger partial charge in [0.1, 0.15) is 0 Å². The molecule has 6 heteroatoms. The normalized spacial score (nSPS) is 10.4. The summed E-state index contributed by atoms with van der Waals surface area (Å²) in [7, 11) is 0. The lowest BCUT2D eigenvalue weighted by Crippen LogP contribution is -2.37. The topological polar surface area (TPSA) is 66.9 Å². The lowest BCUT2D eigenvalue weighted by Gasteiger charge is -2.12. The first-order chi connectivity index (χ1) is 15.1. The molecule has 2 N–H and O–H groups in total. The van der Waals surface area contributed by atoms with Gasteiger partial charge in [-0.05, 0) is 23.8 Å². The highest BCUT2D eigenvalue weighted by atomic mass is 35.5. The Morgan fingerprint density at radius 3 is 1.77 bits per heavy atom.